The van der Waals surface area contributed by atoms with E-state index < -0.39 is 31.0 Å². The Morgan fingerprint density at radius 2 is 2.08 bits per heavy atom. The van der Waals surface area contributed by atoms with Crippen LogP contribution < -0.4 is 0 Å². The molecule has 0 saturated carbocycles. The number of rotatable bonds is 3. The highest BCUT2D eigenvalue weighted by atomic mass is 16.5. The van der Waals surface area contributed by atoms with Gasteiger partial charge >= 0.3 is 0 Å². The first-order valence-corrected chi connectivity index (χ1v) is 8.88. The van der Waals surface area contributed by atoms with E-state index in [9.17, 15) is 20.1 Å². The summed E-state index contributed by atoms with van der Waals surface area (Å²) in [7, 11) is 0. The normalized spacial score (nSPS) is 27.2. The third-order valence-electron chi connectivity index (χ3n) is 4.42. The molecule has 1 amide bonds. The number of aliphatic hydroxyl groups is 4. The highest BCUT2D eigenvalue weighted by molar-refractivity contribution is 5.92. The fourth-order valence-electron chi connectivity index (χ4n) is 2.92. The van der Waals surface area contributed by atoms with E-state index in [4.69, 9.17) is 9.84 Å². The number of amides is 1. The first-order valence-electron chi connectivity index (χ1n) is 8.88. The molecule has 0 spiro atoms. The molecule has 0 unspecified atom stereocenters. The first kappa shape index (κ1) is 20.7. The van der Waals surface area contributed by atoms with Crippen LogP contribution in [0, 0.1) is 0 Å². The van der Waals surface area contributed by atoms with E-state index in [1.165, 1.54) is 17.2 Å². The maximum atomic E-state index is 12.7. The molecule has 0 radical (unpaired) electrons. The summed E-state index contributed by atoms with van der Waals surface area (Å²) in [6.07, 6.45) is -0.589. The molecule has 1 aliphatic rings. The maximum absolute atomic E-state index is 12.7. The molecule has 2 heterocycles. The minimum Gasteiger partial charge on any atom is -0.394 e. The van der Waals surface area contributed by atoms with Crippen molar-refractivity contribution < 1.29 is 30.0 Å². The lowest BCUT2D eigenvalue weighted by Gasteiger charge is -2.33. The molecule has 0 aliphatic carbocycles. The van der Waals surface area contributed by atoms with Gasteiger partial charge in [-0.1, -0.05) is 12.8 Å². The van der Waals surface area contributed by atoms with E-state index in [1.54, 1.807) is 6.07 Å². The monoisotopic (exact) mass is 369 g/mol. The Bertz CT molecular complexity index is 547. The number of carbonyl (C=O) groups excluding carboxylic acids is 1. The van der Waals surface area contributed by atoms with Gasteiger partial charge in [0, 0.05) is 25.9 Å². The van der Waals surface area contributed by atoms with E-state index in [0.717, 1.165) is 25.7 Å². The van der Waals surface area contributed by atoms with Gasteiger partial charge in [-0.25, -0.2) is 0 Å². The largest absolute Gasteiger partial charge is 0.394 e. The Labute approximate surface area is 152 Å². The fraction of sp³-hybridized carbons (Fsp3) is 0.706. The summed E-state index contributed by atoms with van der Waals surface area (Å²) >= 11 is 0. The molecule has 9 heteroatoms. The standard InChI is InChI=1S/C17H27N3O6/c21-11-14(23)16-15(24)13(22)10-20(8-3-1-2-4-9-26-16)17(25)12-6-5-7-18-19-12/h5-7,13-16,21-24H,1-4,8-11H2/t13-,14+,15+,16+/m0/s1. The molecule has 1 aromatic heterocycles. The molecule has 0 bridgehead atoms. The van der Waals surface area contributed by atoms with Gasteiger partial charge in [-0.05, 0) is 25.0 Å². The van der Waals surface area contributed by atoms with Crippen molar-refractivity contribution in [1.29, 1.82) is 0 Å². The predicted molar refractivity (Wildman–Crippen MR) is 91.2 cm³/mol. The van der Waals surface area contributed by atoms with Crippen LogP contribution in [0.2, 0.25) is 0 Å². The molecule has 0 aromatic carbocycles. The van der Waals surface area contributed by atoms with Gasteiger partial charge in [0.2, 0.25) is 0 Å². The molecule has 1 aromatic rings. The highest BCUT2D eigenvalue weighted by Gasteiger charge is 2.34. The van der Waals surface area contributed by atoms with E-state index >= 15 is 0 Å². The number of hydrogen-bond acceptors (Lipinski definition) is 8. The van der Waals surface area contributed by atoms with Crippen LogP contribution in [0.4, 0.5) is 0 Å². The minimum atomic E-state index is -1.45. The molecule has 2 rings (SSSR count). The van der Waals surface area contributed by atoms with Crippen molar-refractivity contribution in [2.75, 3.05) is 26.3 Å². The third-order valence-corrected chi connectivity index (χ3v) is 4.42. The SMILES string of the molecule is O=C(c1cccnn1)N1CCCCCCO[C@H]([C@H](O)CO)[C@H](O)[C@@H](O)C1. The second-order valence-corrected chi connectivity index (χ2v) is 6.42. The highest BCUT2D eigenvalue weighted by Crippen LogP contribution is 2.15. The van der Waals surface area contributed by atoms with Crippen LogP contribution >= 0.6 is 0 Å². The average molecular weight is 369 g/mol. The van der Waals surface area contributed by atoms with E-state index in [-0.39, 0.29) is 18.1 Å². The molecule has 4 atom stereocenters. The summed E-state index contributed by atoms with van der Waals surface area (Å²) in [6, 6.07) is 3.14. The van der Waals surface area contributed by atoms with E-state index in [2.05, 4.69) is 10.2 Å². The van der Waals surface area contributed by atoms with Crippen LogP contribution in [0.1, 0.15) is 36.2 Å². The van der Waals surface area contributed by atoms with Crippen LogP contribution in [0.3, 0.4) is 0 Å². The van der Waals surface area contributed by atoms with Crippen molar-refractivity contribution in [3.63, 3.8) is 0 Å². The van der Waals surface area contributed by atoms with E-state index in [0.29, 0.717) is 13.2 Å². The quantitative estimate of drug-likeness (QED) is 0.530. The number of ether oxygens (including phenoxy) is 1. The van der Waals surface area contributed by atoms with Crippen LogP contribution in [0.15, 0.2) is 18.3 Å². The molecule has 146 valence electrons. The lowest BCUT2D eigenvalue weighted by molar-refractivity contribution is -0.145. The minimum absolute atomic E-state index is 0.144. The average Bonchev–Trinajstić information content (AvgIpc) is 2.67. The van der Waals surface area contributed by atoms with Crippen molar-refractivity contribution in [3.05, 3.63) is 24.0 Å². The molecule has 4 N–H and O–H groups in total. The van der Waals surface area contributed by atoms with Crippen molar-refractivity contribution >= 4 is 5.91 Å². The number of aliphatic hydroxyl groups excluding tert-OH is 4. The third kappa shape index (κ3) is 5.68. The molecule has 1 saturated heterocycles. The fourth-order valence-corrected chi connectivity index (χ4v) is 2.92. The summed E-state index contributed by atoms with van der Waals surface area (Å²) in [5.41, 5.74) is 0.157. The molecular formula is C17H27N3O6. The summed E-state index contributed by atoms with van der Waals surface area (Å²) in [5.74, 6) is -0.387. The van der Waals surface area contributed by atoms with Crippen LogP contribution in [0.5, 0.6) is 0 Å². The van der Waals surface area contributed by atoms with Crippen LogP contribution in [-0.4, -0.2) is 92.1 Å². The first-order chi connectivity index (χ1) is 12.5. The smallest absolute Gasteiger partial charge is 0.274 e. The van der Waals surface area contributed by atoms with Crippen LogP contribution in [-0.2, 0) is 4.74 Å². The zero-order chi connectivity index (χ0) is 18.9. The van der Waals surface area contributed by atoms with Crippen molar-refractivity contribution in [2.24, 2.45) is 0 Å². The van der Waals surface area contributed by atoms with Gasteiger partial charge < -0.3 is 30.1 Å². The van der Waals surface area contributed by atoms with Gasteiger partial charge in [0.1, 0.15) is 24.4 Å². The molecule has 1 aliphatic heterocycles. The van der Waals surface area contributed by atoms with Crippen LogP contribution in [0.25, 0.3) is 0 Å². The van der Waals surface area contributed by atoms with Crippen molar-refractivity contribution in [1.82, 2.24) is 15.1 Å². The number of hydrogen-bond donors (Lipinski definition) is 4. The van der Waals surface area contributed by atoms with Gasteiger partial charge in [0.25, 0.3) is 5.91 Å². The topological polar surface area (TPSA) is 136 Å². The zero-order valence-electron chi connectivity index (χ0n) is 14.6. The molecule has 9 nitrogen and oxygen atoms in total. The number of aromatic nitrogens is 2. The van der Waals surface area contributed by atoms with Crippen molar-refractivity contribution in [3.8, 4) is 0 Å². The van der Waals surface area contributed by atoms with Gasteiger partial charge in [-0.3, -0.25) is 4.79 Å². The Kier molecular flexibility index (Phi) is 8.33. The van der Waals surface area contributed by atoms with E-state index in [1.807, 2.05) is 0 Å². The molecular weight excluding hydrogens is 342 g/mol. The van der Waals surface area contributed by atoms with Gasteiger partial charge in [-0.2, -0.15) is 5.10 Å². The summed E-state index contributed by atoms with van der Waals surface area (Å²) in [5, 5.41) is 47.3. The Balaban J connectivity index is 2.15. The lowest BCUT2D eigenvalue weighted by atomic mass is 10.0. The predicted octanol–water partition coefficient (Wildman–Crippen LogP) is -1.05. The number of β-amino-alcohol motifs (C(OH)–C–C–N with tert-alkyl or cyclic N) is 1. The second-order valence-electron chi connectivity index (χ2n) is 6.42. The second kappa shape index (κ2) is 10.5. The molecule has 1 fully saturated rings. The summed E-state index contributed by atoms with van der Waals surface area (Å²) in [4.78, 5) is 14.1. The van der Waals surface area contributed by atoms with Gasteiger partial charge in [0.15, 0.2) is 5.69 Å². The Morgan fingerprint density at radius 3 is 2.77 bits per heavy atom. The van der Waals surface area contributed by atoms with Gasteiger partial charge in [-0.15, -0.1) is 5.10 Å². The van der Waals surface area contributed by atoms with Crippen molar-refractivity contribution in [2.45, 2.75) is 50.1 Å². The maximum Gasteiger partial charge on any atom is 0.274 e. The number of nitrogens with zero attached hydrogens (tertiary/aromatic N) is 3. The molecule has 26 heavy (non-hydrogen) atoms. The van der Waals surface area contributed by atoms with Gasteiger partial charge in [0.05, 0.1) is 6.61 Å². The Morgan fingerprint density at radius 1 is 1.31 bits per heavy atom. The number of carbonyl (C=O) groups is 1. The summed E-state index contributed by atoms with van der Waals surface area (Å²) in [6.45, 7) is -0.0215. The zero-order valence-corrected chi connectivity index (χ0v) is 14.6. The lowest BCUT2D eigenvalue weighted by Crippen LogP contribution is -2.52. The summed E-state index contributed by atoms with van der Waals surface area (Å²) < 4.78 is 5.48. The Hall–Kier alpha value is -1.65.